The van der Waals surface area contributed by atoms with Gasteiger partial charge < -0.3 is 10.2 Å². The molecule has 2 aromatic heterocycles. The maximum atomic E-state index is 4.85. The first-order valence-corrected chi connectivity index (χ1v) is 8.83. The second kappa shape index (κ2) is 6.01. The van der Waals surface area contributed by atoms with Crippen LogP contribution in [0, 0.1) is 6.92 Å². The molecule has 0 fully saturated rings. The van der Waals surface area contributed by atoms with Crippen LogP contribution >= 0.6 is 11.3 Å². The van der Waals surface area contributed by atoms with Gasteiger partial charge in [0.25, 0.3) is 0 Å². The Hall–Kier alpha value is -1.39. The van der Waals surface area contributed by atoms with Gasteiger partial charge in [-0.05, 0) is 50.5 Å². The van der Waals surface area contributed by atoms with Gasteiger partial charge in [-0.25, -0.2) is 0 Å². The number of nitrogens with one attached hydrogen (secondary N) is 1. The van der Waals surface area contributed by atoms with E-state index in [0.29, 0.717) is 6.04 Å². The Morgan fingerprint density at radius 3 is 2.86 bits per heavy atom. The van der Waals surface area contributed by atoms with E-state index in [2.05, 4.69) is 60.6 Å². The number of aryl methyl sites for hydroxylation is 1. The molecule has 3 rings (SSSR count). The first-order valence-electron chi connectivity index (χ1n) is 7.96. The number of pyridine rings is 1. The smallest absolute Gasteiger partial charge is 0.0713 e. The highest BCUT2D eigenvalue weighted by Crippen LogP contribution is 2.44. The lowest BCUT2D eigenvalue weighted by atomic mass is 9.91. The van der Waals surface area contributed by atoms with Crippen LogP contribution in [0.1, 0.15) is 42.6 Å². The highest BCUT2D eigenvalue weighted by molar-refractivity contribution is 7.10. The van der Waals surface area contributed by atoms with Gasteiger partial charge in [0.2, 0.25) is 0 Å². The van der Waals surface area contributed by atoms with E-state index in [1.165, 1.54) is 16.3 Å². The van der Waals surface area contributed by atoms with Crippen molar-refractivity contribution in [2.75, 3.05) is 25.0 Å². The molecule has 0 saturated carbocycles. The molecule has 1 aliphatic heterocycles. The maximum Gasteiger partial charge on any atom is 0.0713 e. The molecule has 0 saturated heterocycles. The zero-order valence-electron chi connectivity index (χ0n) is 13.9. The number of nitrogens with zero attached hydrogens (tertiary/aromatic N) is 2. The van der Waals surface area contributed by atoms with Gasteiger partial charge >= 0.3 is 0 Å². The van der Waals surface area contributed by atoms with E-state index in [4.69, 9.17) is 4.98 Å². The Morgan fingerprint density at radius 2 is 2.18 bits per heavy atom. The van der Waals surface area contributed by atoms with Gasteiger partial charge in [0.05, 0.1) is 17.4 Å². The van der Waals surface area contributed by atoms with E-state index in [9.17, 15) is 0 Å². The van der Waals surface area contributed by atoms with Crippen LogP contribution < -0.4 is 10.2 Å². The fourth-order valence-corrected chi connectivity index (χ4v) is 4.23. The summed E-state index contributed by atoms with van der Waals surface area (Å²) in [7, 11) is 2.03. The van der Waals surface area contributed by atoms with Crippen LogP contribution in [0.25, 0.3) is 0 Å². The number of hydrogen-bond donors (Lipinski definition) is 1. The van der Waals surface area contributed by atoms with Crippen molar-refractivity contribution >= 4 is 17.0 Å². The Kier molecular flexibility index (Phi) is 4.24. The van der Waals surface area contributed by atoms with Gasteiger partial charge in [-0.3, -0.25) is 4.98 Å². The molecule has 1 atom stereocenters. The molecule has 1 aliphatic rings. The average molecular weight is 315 g/mol. The molecule has 0 radical (unpaired) electrons. The molecule has 22 heavy (non-hydrogen) atoms. The summed E-state index contributed by atoms with van der Waals surface area (Å²) in [5.41, 5.74) is 3.77. The molecule has 118 valence electrons. The fourth-order valence-electron chi connectivity index (χ4n) is 3.36. The molecular weight excluding hydrogens is 290 g/mol. The van der Waals surface area contributed by atoms with Gasteiger partial charge in [-0.2, -0.15) is 0 Å². The van der Waals surface area contributed by atoms with E-state index < -0.39 is 0 Å². The van der Waals surface area contributed by atoms with Crippen molar-refractivity contribution in [3.05, 3.63) is 45.9 Å². The first kappa shape index (κ1) is 15.5. The Balaban J connectivity index is 2.00. The zero-order valence-corrected chi connectivity index (χ0v) is 14.7. The van der Waals surface area contributed by atoms with Gasteiger partial charge in [0.1, 0.15) is 0 Å². The summed E-state index contributed by atoms with van der Waals surface area (Å²) in [6.07, 6.45) is 1.11. The van der Waals surface area contributed by atoms with Crippen LogP contribution in [-0.2, 0) is 5.41 Å². The van der Waals surface area contributed by atoms with Crippen molar-refractivity contribution in [2.24, 2.45) is 0 Å². The Bertz CT molecular complexity index is 634. The van der Waals surface area contributed by atoms with E-state index in [1.807, 2.05) is 18.4 Å². The number of aromatic nitrogens is 1. The Morgan fingerprint density at radius 1 is 1.36 bits per heavy atom. The van der Waals surface area contributed by atoms with Crippen molar-refractivity contribution in [2.45, 2.75) is 38.6 Å². The third kappa shape index (κ3) is 2.77. The third-order valence-electron chi connectivity index (χ3n) is 4.44. The summed E-state index contributed by atoms with van der Waals surface area (Å²) in [6, 6.07) is 9.24. The molecule has 0 spiro atoms. The largest absolute Gasteiger partial charge is 0.361 e. The summed E-state index contributed by atoms with van der Waals surface area (Å²) in [6.45, 7) is 8.75. The van der Waals surface area contributed by atoms with Gasteiger partial charge in [-0.1, -0.05) is 19.9 Å². The van der Waals surface area contributed by atoms with Crippen LogP contribution in [-0.4, -0.2) is 25.1 Å². The first-order chi connectivity index (χ1) is 10.5. The van der Waals surface area contributed by atoms with Crippen LogP contribution in [0.15, 0.2) is 29.6 Å². The predicted molar refractivity (Wildman–Crippen MR) is 94.9 cm³/mol. The molecule has 4 heteroatoms. The number of fused-ring (bicyclic) bond motifs is 1. The highest BCUT2D eigenvalue weighted by atomic mass is 32.1. The molecule has 0 bridgehead atoms. The molecule has 1 N–H and O–H groups in total. The van der Waals surface area contributed by atoms with Crippen molar-refractivity contribution in [3.8, 4) is 0 Å². The molecule has 0 unspecified atom stereocenters. The number of hydrogen-bond acceptors (Lipinski definition) is 4. The van der Waals surface area contributed by atoms with E-state index in [-0.39, 0.29) is 5.41 Å². The molecule has 3 heterocycles. The zero-order chi connectivity index (χ0) is 15.7. The lowest BCUT2D eigenvalue weighted by molar-refractivity contribution is 0.493. The topological polar surface area (TPSA) is 28.2 Å². The van der Waals surface area contributed by atoms with E-state index in [1.54, 1.807) is 0 Å². The minimum Gasteiger partial charge on any atom is -0.361 e. The molecule has 0 amide bonds. The van der Waals surface area contributed by atoms with Crippen LogP contribution in [0.4, 0.5) is 5.69 Å². The van der Waals surface area contributed by atoms with Crippen molar-refractivity contribution in [3.63, 3.8) is 0 Å². The lowest BCUT2D eigenvalue weighted by Gasteiger charge is -2.31. The molecule has 0 aliphatic carbocycles. The van der Waals surface area contributed by atoms with Gasteiger partial charge in [0.15, 0.2) is 0 Å². The molecular formula is C18H25N3S. The minimum atomic E-state index is 0.108. The van der Waals surface area contributed by atoms with Crippen LogP contribution in [0.3, 0.4) is 0 Å². The summed E-state index contributed by atoms with van der Waals surface area (Å²) >= 11 is 1.86. The standard InChI is InChI=1S/C18H25N3S/c1-13-7-8-15-17(20-13)18(2,3)12-21(15)14(9-10-19-4)16-6-5-11-22-16/h5-8,11,14,19H,9-10,12H2,1-4H3/t14-/m1/s1. The van der Waals surface area contributed by atoms with Crippen molar-refractivity contribution in [1.82, 2.24) is 10.3 Å². The summed E-state index contributed by atoms with van der Waals surface area (Å²) < 4.78 is 0. The van der Waals surface area contributed by atoms with Crippen LogP contribution in [0.2, 0.25) is 0 Å². The fraction of sp³-hybridized carbons (Fsp3) is 0.500. The van der Waals surface area contributed by atoms with Gasteiger partial charge in [-0.15, -0.1) is 11.3 Å². The SMILES string of the molecule is CNCC[C@H](c1cccs1)N1CC(C)(C)c2nc(C)ccc21. The quantitative estimate of drug-likeness (QED) is 0.907. The highest BCUT2D eigenvalue weighted by Gasteiger charge is 2.39. The van der Waals surface area contributed by atoms with Crippen LogP contribution in [0.5, 0.6) is 0 Å². The van der Waals surface area contributed by atoms with Crippen molar-refractivity contribution < 1.29 is 0 Å². The second-order valence-corrected chi connectivity index (χ2v) is 7.73. The Labute approximate surface area is 137 Å². The van der Waals surface area contributed by atoms with Crippen molar-refractivity contribution in [1.29, 1.82) is 0 Å². The number of thiophene rings is 1. The predicted octanol–water partition coefficient (Wildman–Crippen LogP) is 3.90. The third-order valence-corrected chi connectivity index (χ3v) is 5.42. The number of anilines is 1. The normalized spacial score (nSPS) is 17.5. The van der Waals surface area contributed by atoms with Gasteiger partial charge in [0, 0.05) is 22.5 Å². The summed E-state index contributed by atoms with van der Waals surface area (Å²) in [5, 5.41) is 5.48. The minimum absolute atomic E-state index is 0.108. The number of rotatable bonds is 5. The van der Waals surface area contributed by atoms with E-state index in [0.717, 1.165) is 25.2 Å². The monoisotopic (exact) mass is 315 g/mol. The maximum absolute atomic E-state index is 4.85. The summed E-state index contributed by atoms with van der Waals surface area (Å²) in [5.74, 6) is 0. The van der Waals surface area contributed by atoms with E-state index >= 15 is 0 Å². The molecule has 3 nitrogen and oxygen atoms in total. The molecule has 2 aromatic rings. The molecule has 0 aromatic carbocycles. The lowest BCUT2D eigenvalue weighted by Crippen LogP contribution is -2.33. The second-order valence-electron chi connectivity index (χ2n) is 6.76. The average Bonchev–Trinajstić information content (AvgIpc) is 3.08. The summed E-state index contributed by atoms with van der Waals surface area (Å²) in [4.78, 5) is 8.85.